The van der Waals surface area contributed by atoms with Crippen molar-refractivity contribution in [2.75, 3.05) is 19.6 Å². The molecule has 0 radical (unpaired) electrons. The molecular weight excluding hydrogens is 416 g/mol. The van der Waals surface area contributed by atoms with Gasteiger partial charge in [0.05, 0.1) is 5.56 Å². The number of benzene rings is 2. The summed E-state index contributed by atoms with van der Waals surface area (Å²) in [6, 6.07) is 14.3. The van der Waals surface area contributed by atoms with Crippen LogP contribution in [0.4, 0.5) is 0 Å². The number of aromatic carboxylic acids is 1. The molecule has 168 valence electrons. The molecule has 0 atom stereocenters. The summed E-state index contributed by atoms with van der Waals surface area (Å²) >= 11 is 0. The number of likely N-dealkylation sites (tertiary alicyclic amines) is 1. The zero-order chi connectivity index (χ0) is 21.3. The Balaban J connectivity index is 0.00000341. The van der Waals surface area contributed by atoms with Crippen LogP contribution in [0.15, 0.2) is 48.5 Å². The van der Waals surface area contributed by atoms with E-state index in [4.69, 9.17) is 9.84 Å². The number of nitrogens with zero attached hydrogens (tertiary/aromatic N) is 1. The fourth-order valence-electron chi connectivity index (χ4n) is 3.61. The molecule has 0 saturated carbocycles. The number of rotatable bonds is 9. The first-order chi connectivity index (χ1) is 14.5. The van der Waals surface area contributed by atoms with Gasteiger partial charge in [0.2, 0.25) is 5.91 Å². The van der Waals surface area contributed by atoms with Crippen molar-refractivity contribution in [1.29, 1.82) is 0 Å². The van der Waals surface area contributed by atoms with E-state index in [1.807, 2.05) is 24.3 Å². The number of ether oxygens (including phenoxy) is 1. The lowest BCUT2D eigenvalue weighted by atomic mass is 9.95. The molecule has 1 heterocycles. The van der Waals surface area contributed by atoms with Gasteiger partial charge in [-0.3, -0.25) is 9.69 Å². The average Bonchev–Trinajstić information content (AvgIpc) is 2.76. The van der Waals surface area contributed by atoms with Crippen molar-refractivity contribution in [2.45, 2.75) is 39.2 Å². The number of amides is 1. The summed E-state index contributed by atoms with van der Waals surface area (Å²) in [5.41, 5.74) is 1.44. The second-order valence-corrected chi connectivity index (χ2v) is 7.77. The Morgan fingerprint density at radius 3 is 2.16 bits per heavy atom. The monoisotopic (exact) mass is 446 g/mol. The van der Waals surface area contributed by atoms with Crippen LogP contribution in [-0.4, -0.2) is 41.5 Å². The van der Waals surface area contributed by atoms with E-state index in [1.165, 1.54) is 17.7 Å². The van der Waals surface area contributed by atoms with E-state index in [-0.39, 0.29) is 29.8 Å². The second-order valence-electron chi connectivity index (χ2n) is 7.77. The van der Waals surface area contributed by atoms with E-state index in [1.54, 1.807) is 12.1 Å². The molecule has 1 aliphatic rings. The lowest BCUT2D eigenvalue weighted by Gasteiger charge is -2.31. The summed E-state index contributed by atoms with van der Waals surface area (Å²) in [6.45, 7) is 5.63. The van der Waals surface area contributed by atoms with Gasteiger partial charge in [0.25, 0.3) is 0 Å². The number of hydrogen-bond donors (Lipinski definition) is 2. The van der Waals surface area contributed by atoms with Gasteiger partial charge in [0, 0.05) is 19.0 Å². The Kier molecular flexibility index (Phi) is 9.82. The highest BCUT2D eigenvalue weighted by atomic mass is 35.5. The molecule has 0 aromatic heterocycles. The maximum Gasteiger partial charge on any atom is 0.335 e. The molecule has 1 aliphatic heterocycles. The number of hydrogen-bond acceptors (Lipinski definition) is 4. The van der Waals surface area contributed by atoms with Crippen molar-refractivity contribution in [1.82, 2.24) is 10.2 Å². The largest absolute Gasteiger partial charge is 0.478 e. The predicted molar refractivity (Wildman–Crippen MR) is 123 cm³/mol. The molecule has 0 aliphatic carbocycles. The molecule has 31 heavy (non-hydrogen) atoms. The first kappa shape index (κ1) is 24.7. The summed E-state index contributed by atoms with van der Waals surface area (Å²) < 4.78 is 5.79. The number of piperidine rings is 1. The van der Waals surface area contributed by atoms with Gasteiger partial charge in [-0.25, -0.2) is 4.79 Å². The molecule has 6 nitrogen and oxygen atoms in total. The van der Waals surface area contributed by atoms with Crippen molar-refractivity contribution in [3.05, 3.63) is 59.7 Å². The van der Waals surface area contributed by atoms with Crippen LogP contribution in [0.3, 0.4) is 0 Å². The van der Waals surface area contributed by atoms with Crippen LogP contribution < -0.4 is 10.1 Å². The molecule has 1 saturated heterocycles. The topological polar surface area (TPSA) is 78.9 Å². The van der Waals surface area contributed by atoms with Gasteiger partial charge in [0.15, 0.2) is 0 Å². The number of carboxylic acids is 1. The summed E-state index contributed by atoms with van der Waals surface area (Å²) in [6.07, 6.45) is 3.95. The Bertz CT molecular complexity index is 832. The van der Waals surface area contributed by atoms with Gasteiger partial charge in [0.1, 0.15) is 11.5 Å². The van der Waals surface area contributed by atoms with Crippen molar-refractivity contribution in [3.63, 3.8) is 0 Å². The number of carbonyl (C=O) groups is 2. The number of halogens is 1. The average molecular weight is 447 g/mol. The lowest BCUT2D eigenvalue weighted by molar-refractivity contribution is -0.126. The summed E-state index contributed by atoms with van der Waals surface area (Å²) in [5.74, 6) is 0.714. The molecule has 1 amide bonds. The summed E-state index contributed by atoms with van der Waals surface area (Å²) in [4.78, 5) is 25.5. The van der Waals surface area contributed by atoms with Gasteiger partial charge in [-0.1, -0.05) is 25.5 Å². The Labute approximate surface area is 190 Å². The van der Waals surface area contributed by atoms with Crippen LogP contribution in [0.2, 0.25) is 0 Å². The quantitative estimate of drug-likeness (QED) is 0.544. The van der Waals surface area contributed by atoms with Crippen molar-refractivity contribution >= 4 is 24.3 Å². The summed E-state index contributed by atoms with van der Waals surface area (Å²) in [7, 11) is 0. The zero-order valence-electron chi connectivity index (χ0n) is 17.9. The fraction of sp³-hybridized carbons (Fsp3) is 0.417. The van der Waals surface area contributed by atoms with E-state index >= 15 is 0 Å². The maximum absolute atomic E-state index is 12.2. The summed E-state index contributed by atoms with van der Waals surface area (Å²) in [5, 5.41) is 12.0. The molecule has 7 heteroatoms. The third kappa shape index (κ3) is 7.56. The standard InChI is InChI=1S/C24H30N2O4.ClH/c1-2-3-14-25-23(27)19-12-15-26(16-13-19)17-18-4-8-21(9-5-18)30-22-10-6-20(7-11-22)24(28)29;/h4-11,19H,2-3,12-17H2,1H3,(H,25,27)(H,28,29);1H. The predicted octanol–water partition coefficient (Wildman–Crippen LogP) is 4.73. The zero-order valence-corrected chi connectivity index (χ0v) is 18.7. The molecule has 1 fully saturated rings. The van der Waals surface area contributed by atoms with Gasteiger partial charge >= 0.3 is 5.97 Å². The number of nitrogens with one attached hydrogen (secondary N) is 1. The lowest BCUT2D eigenvalue weighted by Crippen LogP contribution is -2.40. The molecule has 2 aromatic rings. The highest BCUT2D eigenvalue weighted by Gasteiger charge is 2.24. The molecule has 2 N–H and O–H groups in total. The van der Waals surface area contributed by atoms with Gasteiger partial charge in [-0.15, -0.1) is 12.4 Å². The minimum atomic E-state index is -0.952. The molecular formula is C24H31ClN2O4. The van der Waals surface area contributed by atoms with E-state index in [9.17, 15) is 9.59 Å². The number of carbonyl (C=O) groups excluding carboxylic acids is 1. The highest BCUT2D eigenvalue weighted by molar-refractivity contribution is 5.87. The van der Waals surface area contributed by atoms with Crippen LogP contribution in [0, 0.1) is 5.92 Å². The molecule has 0 unspecified atom stereocenters. The first-order valence-corrected chi connectivity index (χ1v) is 10.7. The minimum absolute atomic E-state index is 0. The van der Waals surface area contributed by atoms with E-state index in [2.05, 4.69) is 17.1 Å². The molecule has 2 aromatic carbocycles. The van der Waals surface area contributed by atoms with Gasteiger partial charge < -0.3 is 15.2 Å². The first-order valence-electron chi connectivity index (χ1n) is 10.7. The van der Waals surface area contributed by atoms with Crippen molar-refractivity contribution in [3.8, 4) is 11.5 Å². The van der Waals surface area contributed by atoms with E-state index < -0.39 is 5.97 Å². The van der Waals surface area contributed by atoms with Crippen LogP contribution in [0.1, 0.15) is 48.5 Å². The van der Waals surface area contributed by atoms with Crippen LogP contribution in [0.5, 0.6) is 11.5 Å². The minimum Gasteiger partial charge on any atom is -0.478 e. The molecule has 0 spiro atoms. The normalized spacial score (nSPS) is 14.5. The van der Waals surface area contributed by atoms with Crippen LogP contribution >= 0.6 is 12.4 Å². The SMILES string of the molecule is CCCCNC(=O)C1CCN(Cc2ccc(Oc3ccc(C(=O)O)cc3)cc2)CC1.Cl. The van der Waals surface area contributed by atoms with Crippen LogP contribution in [-0.2, 0) is 11.3 Å². The van der Waals surface area contributed by atoms with Gasteiger partial charge in [-0.2, -0.15) is 0 Å². The van der Waals surface area contributed by atoms with Crippen LogP contribution in [0.25, 0.3) is 0 Å². The number of unbranched alkanes of at least 4 members (excludes halogenated alkanes) is 1. The molecule has 0 bridgehead atoms. The highest BCUT2D eigenvalue weighted by Crippen LogP contribution is 2.24. The fourth-order valence-corrected chi connectivity index (χ4v) is 3.61. The Morgan fingerprint density at radius 1 is 1.03 bits per heavy atom. The van der Waals surface area contributed by atoms with Crippen molar-refractivity contribution in [2.24, 2.45) is 5.92 Å². The van der Waals surface area contributed by atoms with E-state index in [0.29, 0.717) is 11.5 Å². The van der Waals surface area contributed by atoms with E-state index in [0.717, 1.165) is 51.9 Å². The third-order valence-corrected chi connectivity index (χ3v) is 5.45. The Hall–Kier alpha value is -2.57. The van der Waals surface area contributed by atoms with Gasteiger partial charge in [-0.05, 0) is 74.3 Å². The second kappa shape index (κ2) is 12.3. The van der Waals surface area contributed by atoms with Crippen molar-refractivity contribution < 1.29 is 19.4 Å². The molecule has 3 rings (SSSR count). The Morgan fingerprint density at radius 2 is 1.61 bits per heavy atom. The smallest absolute Gasteiger partial charge is 0.335 e. The number of carboxylic acid groups (broad SMARTS) is 1. The maximum atomic E-state index is 12.2. The third-order valence-electron chi connectivity index (χ3n) is 5.45.